The maximum Gasteiger partial charge on any atom is 0.322 e. The first-order chi connectivity index (χ1) is 11.3. The Hall–Kier alpha value is -2.32. The maximum atomic E-state index is 11.9. The zero-order valence-electron chi connectivity index (χ0n) is 12.9. The molecule has 0 saturated heterocycles. The minimum Gasteiger partial charge on any atom is -0.480 e. The number of aliphatic carboxylic acids is 2. The number of carbonyl (C=O) groups is 4. The van der Waals surface area contributed by atoms with Crippen molar-refractivity contribution in [2.24, 2.45) is 5.73 Å². The van der Waals surface area contributed by atoms with Crippen LogP contribution in [0.4, 0.5) is 0 Å². The molecule has 0 radical (unpaired) electrons. The first-order valence-corrected chi connectivity index (χ1v) is 8.15. The highest BCUT2D eigenvalue weighted by atomic mass is 32.2. The van der Waals surface area contributed by atoms with Gasteiger partial charge in [0.1, 0.15) is 18.6 Å². The summed E-state index contributed by atoms with van der Waals surface area (Å²) in [4.78, 5) is 44.8. The minimum absolute atomic E-state index is 0.0911. The van der Waals surface area contributed by atoms with E-state index >= 15 is 0 Å². The predicted octanol–water partition coefficient (Wildman–Crippen LogP) is -1.49. The number of nitrogens with one attached hydrogen (secondary N) is 2. The Morgan fingerprint density at radius 3 is 2.46 bits per heavy atom. The van der Waals surface area contributed by atoms with Crippen molar-refractivity contribution in [3.8, 4) is 6.07 Å². The molecule has 0 rings (SSSR count). The van der Waals surface area contributed by atoms with Gasteiger partial charge in [0.25, 0.3) is 0 Å². The molecule has 0 fully saturated rings. The van der Waals surface area contributed by atoms with Crippen LogP contribution in [-0.2, 0) is 19.2 Å². The number of nitrogens with zero attached hydrogens (tertiary/aromatic N) is 1. The summed E-state index contributed by atoms with van der Waals surface area (Å²) in [6.07, 6.45) is 0.000783. The molecule has 0 aromatic heterocycles. The van der Waals surface area contributed by atoms with Gasteiger partial charge >= 0.3 is 11.9 Å². The molecule has 2 amide bonds. The Kier molecular flexibility index (Phi) is 11.0. The van der Waals surface area contributed by atoms with Gasteiger partial charge in [-0.3, -0.25) is 19.2 Å². The molecule has 0 spiro atoms. The second kappa shape index (κ2) is 12.1. The van der Waals surface area contributed by atoms with Crippen LogP contribution < -0.4 is 16.4 Å². The Balaban J connectivity index is 4.52. The quantitative estimate of drug-likeness (QED) is 0.259. The molecule has 0 bridgehead atoms. The molecule has 0 aliphatic carbocycles. The molecule has 0 aromatic carbocycles. The fourth-order valence-corrected chi connectivity index (χ4v) is 2.34. The zero-order chi connectivity index (χ0) is 18.5. The number of hydrogen-bond donors (Lipinski definition) is 5. The van der Waals surface area contributed by atoms with Crippen LogP contribution in [0.25, 0.3) is 0 Å². The summed E-state index contributed by atoms with van der Waals surface area (Å²) in [5.41, 5.74) is 5.29. The van der Waals surface area contributed by atoms with Gasteiger partial charge in [-0.2, -0.15) is 17.0 Å². The molecule has 10 nitrogen and oxygen atoms in total. The molecular formula is C13H20N4O6S. The molecule has 0 aromatic rings. The third kappa shape index (κ3) is 10.4. The number of thioether (sulfide) groups is 1. The SMILES string of the molecule is N#CCCSCC(NC(=O)CCC(N)C(=O)O)C(=O)NCC(=O)O. The number of carboxylic acids is 2. The van der Waals surface area contributed by atoms with Gasteiger partial charge < -0.3 is 26.6 Å². The molecular weight excluding hydrogens is 340 g/mol. The van der Waals surface area contributed by atoms with Gasteiger partial charge in [0.15, 0.2) is 0 Å². The molecule has 134 valence electrons. The lowest BCUT2D eigenvalue weighted by atomic mass is 10.1. The van der Waals surface area contributed by atoms with Gasteiger partial charge in [0.2, 0.25) is 11.8 Å². The monoisotopic (exact) mass is 360 g/mol. The van der Waals surface area contributed by atoms with Gasteiger partial charge in [0.05, 0.1) is 6.07 Å². The van der Waals surface area contributed by atoms with Crippen molar-refractivity contribution in [1.29, 1.82) is 5.26 Å². The predicted molar refractivity (Wildman–Crippen MR) is 85.0 cm³/mol. The molecule has 0 aliphatic rings. The van der Waals surface area contributed by atoms with E-state index in [2.05, 4.69) is 10.6 Å². The van der Waals surface area contributed by atoms with Gasteiger partial charge in [0, 0.05) is 24.3 Å². The molecule has 2 unspecified atom stereocenters. The van der Waals surface area contributed by atoms with E-state index in [9.17, 15) is 19.2 Å². The van der Waals surface area contributed by atoms with Crippen molar-refractivity contribution >= 4 is 35.5 Å². The molecule has 0 heterocycles. The van der Waals surface area contributed by atoms with E-state index in [4.69, 9.17) is 21.2 Å². The zero-order valence-corrected chi connectivity index (χ0v) is 13.7. The van der Waals surface area contributed by atoms with Crippen molar-refractivity contribution in [3.05, 3.63) is 0 Å². The van der Waals surface area contributed by atoms with E-state index in [1.165, 1.54) is 11.8 Å². The lowest BCUT2D eigenvalue weighted by molar-refractivity contribution is -0.139. The first kappa shape index (κ1) is 21.7. The van der Waals surface area contributed by atoms with Crippen LogP contribution in [-0.4, -0.2) is 64.1 Å². The third-order valence-electron chi connectivity index (χ3n) is 2.71. The summed E-state index contributed by atoms with van der Waals surface area (Å²) in [7, 11) is 0. The van der Waals surface area contributed by atoms with Gasteiger partial charge in [-0.15, -0.1) is 0 Å². The Morgan fingerprint density at radius 2 is 1.92 bits per heavy atom. The fraction of sp³-hybridized carbons (Fsp3) is 0.615. The number of nitrogens with two attached hydrogens (primary N) is 1. The van der Waals surface area contributed by atoms with E-state index in [1.807, 2.05) is 6.07 Å². The topological polar surface area (TPSA) is 183 Å². The van der Waals surface area contributed by atoms with Gasteiger partial charge in [-0.1, -0.05) is 0 Å². The van der Waals surface area contributed by atoms with Crippen LogP contribution in [0.3, 0.4) is 0 Å². The number of carbonyl (C=O) groups excluding carboxylic acids is 2. The molecule has 24 heavy (non-hydrogen) atoms. The average molecular weight is 360 g/mol. The Morgan fingerprint density at radius 1 is 1.25 bits per heavy atom. The van der Waals surface area contributed by atoms with E-state index in [1.54, 1.807) is 0 Å². The summed E-state index contributed by atoms with van der Waals surface area (Å²) >= 11 is 1.26. The van der Waals surface area contributed by atoms with Crippen molar-refractivity contribution in [3.63, 3.8) is 0 Å². The van der Waals surface area contributed by atoms with Gasteiger partial charge in [-0.05, 0) is 6.42 Å². The van der Waals surface area contributed by atoms with Crippen LogP contribution >= 0.6 is 11.8 Å². The highest BCUT2D eigenvalue weighted by molar-refractivity contribution is 7.99. The third-order valence-corrected chi connectivity index (χ3v) is 3.77. The number of amides is 2. The summed E-state index contributed by atoms with van der Waals surface area (Å²) in [6.45, 7) is -0.585. The summed E-state index contributed by atoms with van der Waals surface area (Å²) in [6, 6.07) is -0.226. The lowest BCUT2D eigenvalue weighted by Crippen LogP contribution is -2.49. The normalized spacial score (nSPS) is 12.5. The standard InChI is InChI=1S/C13H20N4O6S/c14-4-1-5-24-7-9(12(21)16-6-11(19)20)17-10(18)3-2-8(15)13(22)23/h8-9H,1-3,5-7,15H2,(H,16,21)(H,17,18)(H,19,20)(H,22,23). The Labute approximate surface area is 142 Å². The maximum absolute atomic E-state index is 11.9. The minimum atomic E-state index is -1.23. The van der Waals surface area contributed by atoms with Crippen molar-refractivity contribution in [2.75, 3.05) is 18.1 Å². The van der Waals surface area contributed by atoms with Crippen LogP contribution in [0.5, 0.6) is 0 Å². The smallest absolute Gasteiger partial charge is 0.322 e. The second-order valence-electron chi connectivity index (χ2n) is 4.70. The fourth-order valence-electron chi connectivity index (χ4n) is 1.46. The molecule has 0 aliphatic heterocycles. The second-order valence-corrected chi connectivity index (χ2v) is 5.85. The summed E-state index contributed by atoms with van der Waals surface area (Å²) in [5, 5.41) is 30.2. The Bertz CT molecular complexity index is 507. The van der Waals surface area contributed by atoms with E-state index in [0.717, 1.165) is 0 Å². The van der Waals surface area contributed by atoms with E-state index in [0.29, 0.717) is 5.75 Å². The van der Waals surface area contributed by atoms with Crippen LogP contribution in [0.15, 0.2) is 0 Å². The number of carboxylic acid groups (broad SMARTS) is 2. The molecule has 0 saturated carbocycles. The largest absolute Gasteiger partial charge is 0.480 e. The number of hydrogen-bond acceptors (Lipinski definition) is 7. The lowest BCUT2D eigenvalue weighted by Gasteiger charge is -2.18. The van der Waals surface area contributed by atoms with Gasteiger partial charge in [-0.25, -0.2) is 0 Å². The van der Waals surface area contributed by atoms with E-state index < -0.39 is 42.4 Å². The van der Waals surface area contributed by atoms with Crippen molar-refractivity contribution in [1.82, 2.24) is 10.6 Å². The first-order valence-electron chi connectivity index (χ1n) is 6.99. The summed E-state index contributed by atoms with van der Waals surface area (Å²) in [5.74, 6) is -3.08. The van der Waals surface area contributed by atoms with Crippen LogP contribution in [0.1, 0.15) is 19.3 Å². The molecule has 11 heteroatoms. The summed E-state index contributed by atoms with van der Waals surface area (Å²) < 4.78 is 0. The van der Waals surface area contributed by atoms with Crippen LogP contribution in [0, 0.1) is 11.3 Å². The van der Waals surface area contributed by atoms with Crippen molar-refractivity contribution in [2.45, 2.75) is 31.3 Å². The number of rotatable bonds is 12. The molecule has 6 N–H and O–H groups in total. The number of nitriles is 1. The highest BCUT2D eigenvalue weighted by Gasteiger charge is 2.22. The molecule has 2 atom stereocenters. The van der Waals surface area contributed by atoms with Crippen molar-refractivity contribution < 1.29 is 29.4 Å². The van der Waals surface area contributed by atoms with E-state index in [-0.39, 0.29) is 25.0 Å². The van der Waals surface area contributed by atoms with Crippen LogP contribution in [0.2, 0.25) is 0 Å². The highest BCUT2D eigenvalue weighted by Crippen LogP contribution is 2.06. The average Bonchev–Trinajstić information content (AvgIpc) is 2.52.